The molecule has 1 aliphatic heterocycles. The van der Waals surface area contributed by atoms with Crippen molar-refractivity contribution in [3.63, 3.8) is 0 Å². The van der Waals surface area contributed by atoms with E-state index in [4.69, 9.17) is 5.26 Å². The largest absolute Gasteiger partial charge is 0.252 e. The van der Waals surface area contributed by atoms with Crippen LogP contribution in [0.3, 0.4) is 0 Å². The van der Waals surface area contributed by atoms with Gasteiger partial charge in [-0.3, -0.25) is 0 Å². The van der Waals surface area contributed by atoms with Crippen molar-refractivity contribution in [1.29, 1.82) is 5.26 Å². The maximum Gasteiger partial charge on any atom is 0.252 e. The lowest BCUT2D eigenvalue weighted by atomic mass is 9.83. The van der Waals surface area contributed by atoms with Crippen molar-refractivity contribution < 1.29 is 8.42 Å². The van der Waals surface area contributed by atoms with Gasteiger partial charge >= 0.3 is 0 Å². The summed E-state index contributed by atoms with van der Waals surface area (Å²) in [5.74, 6) is 0. The molecule has 2 heterocycles. The molecule has 0 unspecified atom stereocenters. The molecule has 2 rings (SSSR count). The lowest BCUT2D eigenvalue weighted by Gasteiger charge is -2.31. The van der Waals surface area contributed by atoms with Gasteiger partial charge in [-0.1, -0.05) is 32.4 Å². The van der Waals surface area contributed by atoms with E-state index < -0.39 is 10.0 Å². The van der Waals surface area contributed by atoms with Crippen LogP contribution in [-0.2, 0) is 10.0 Å². The van der Waals surface area contributed by atoms with Gasteiger partial charge in [0.2, 0.25) is 0 Å². The summed E-state index contributed by atoms with van der Waals surface area (Å²) in [7, 11) is -3.46. The van der Waals surface area contributed by atoms with Gasteiger partial charge in [-0.25, -0.2) is 8.42 Å². The molecule has 0 spiro atoms. The molecule has 0 bridgehead atoms. The van der Waals surface area contributed by atoms with Gasteiger partial charge in [0, 0.05) is 13.1 Å². The van der Waals surface area contributed by atoms with E-state index in [1.165, 1.54) is 15.9 Å². The molecule has 0 amide bonds. The summed E-state index contributed by atoms with van der Waals surface area (Å²) in [4.78, 5) is 0.423. The van der Waals surface area contributed by atoms with E-state index in [2.05, 4.69) is 20.8 Å². The number of hydrogen-bond acceptors (Lipinski definition) is 4. The maximum atomic E-state index is 12.5. The van der Waals surface area contributed by atoms with Gasteiger partial charge < -0.3 is 0 Å². The molecule has 1 aromatic heterocycles. The minimum absolute atomic E-state index is 0.0900. The Morgan fingerprint density at radius 1 is 1.35 bits per heavy atom. The van der Waals surface area contributed by atoms with Crippen molar-refractivity contribution in [2.24, 2.45) is 5.41 Å². The van der Waals surface area contributed by atoms with Gasteiger partial charge in [-0.05, 0) is 24.0 Å². The van der Waals surface area contributed by atoms with E-state index >= 15 is 0 Å². The second kappa shape index (κ2) is 5.32. The van der Waals surface area contributed by atoms with Crippen LogP contribution in [0.1, 0.15) is 32.1 Å². The molecule has 0 radical (unpaired) electrons. The van der Waals surface area contributed by atoms with Crippen LogP contribution < -0.4 is 0 Å². The van der Waals surface area contributed by atoms with Crippen molar-refractivity contribution in [1.82, 2.24) is 4.31 Å². The van der Waals surface area contributed by atoms with Crippen molar-refractivity contribution in [2.45, 2.75) is 31.4 Å². The Morgan fingerprint density at radius 2 is 2.05 bits per heavy atom. The minimum atomic E-state index is -3.46. The van der Waals surface area contributed by atoms with Gasteiger partial charge in [0.25, 0.3) is 10.0 Å². The van der Waals surface area contributed by atoms with E-state index in [0.717, 1.165) is 17.8 Å². The Balaban J connectivity index is 2.22. The third-order valence-corrected chi connectivity index (χ3v) is 6.74. The smallest absolute Gasteiger partial charge is 0.206 e. The molecule has 0 atom stereocenters. The Morgan fingerprint density at radius 3 is 2.50 bits per heavy atom. The third kappa shape index (κ3) is 2.95. The highest BCUT2D eigenvalue weighted by atomic mass is 32.2. The molecule has 108 valence electrons. The zero-order valence-electron chi connectivity index (χ0n) is 11.9. The summed E-state index contributed by atoms with van der Waals surface area (Å²) in [6.07, 6.45) is 2.78. The van der Waals surface area contributed by atoms with Crippen molar-refractivity contribution in [3.8, 4) is 6.07 Å². The first-order valence-corrected chi connectivity index (χ1v) is 8.70. The fraction of sp³-hybridized carbons (Fsp3) is 0.500. The molecular weight excluding hydrogens is 292 g/mol. The number of rotatable bonds is 2. The molecule has 6 heteroatoms. The van der Waals surface area contributed by atoms with E-state index in [0.29, 0.717) is 18.0 Å². The van der Waals surface area contributed by atoms with Crippen LogP contribution in [0.15, 0.2) is 28.0 Å². The van der Waals surface area contributed by atoms with Crippen LogP contribution in [0.4, 0.5) is 0 Å². The number of thiophene rings is 1. The Labute approximate surface area is 124 Å². The SMILES string of the molecule is CC(C)(C)C1=CCN(S(=O)(=O)c2ccc(C#N)s2)CC1. The van der Waals surface area contributed by atoms with Crippen LogP contribution in [0.25, 0.3) is 0 Å². The standard InChI is InChI=1S/C14H18N2O2S2/c1-14(2,3)11-6-8-16(9-7-11)20(17,18)13-5-4-12(10-15)19-13/h4-6H,7-9H2,1-3H3. The molecule has 1 aromatic rings. The fourth-order valence-electron chi connectivity index (χ4n) is 2.20. The first-order chi connectivity index (χ1) is 9.25. The summed E-state index contributed by atoms with van der Waals surface area (Å²) in [5.41, 5.74) is 1.39. The first kappa shape index (κ1) is 15.2. The first-order valence-electron chi connectivity index (χ1n) is 6.45. The number of nitriles is 1. The van der Waals surface area contributed by atoms with Crippen molar-refractivity contribution >= 4 is 21.4 Å². The summed E-state index contributed by atoms with van der Waals surface area (Å²) in [6.45, 7) is 7.34. The molecule has 20 heavy (non-hydrogen) atoms. The third-order valence-electron chi connectivity index (χ3n) is 3.42. The van der Waals surface area contributed by atoms with Gasteiger partial charge in [0.05, 0.1) is 0 Å². The maximum absolute atomic E-state index is 12.5. The monoisotopic (exact) mass is 310 g/mol. The highest BCUT2D eigenvalue weighted by Crippen LogP contribution is 2.32. The van der Waals surface area contributed by atoms with E-state index in [1.54, 1.807) is 6.07 Å². The topological polar surface area (TPSA) is 61.2 Å². The zero-order valence-corrected chi connectivity index (χ0v) is 13.5. The van der Waals surface area contributed by atoms with Crippen LogP contribution in [0.2, 0.25) is 0 Å². The number of sulfonamides is 1. The lowest BCUT2D eigenvalue weighted by Crippen LogP contribution is -2.36. The minimum Gasteiger partial charge on any atom is -0.206 e. The average molecular weight is 310 g/mol. The highest BCUT2D eigenvalue weighted by Gasteiger charge is 2.29. The van der Waals surface area contributed by atoms with Crippen LogP contribution in [0, 0.1) is 16.7 Å². The number of hydrogen-bond donors (Lipinski definition) is 0. The Hall–Kier alpha value is -1.16. The Bertz CT molecular complexity index is 673. The zero-order chi connectivity index (χ0) is 15.0. The molecule has 0 saturated carbocycles. The van der Waals surface area contributed by atoms with Crippen LogP contribution >= 0.6 is 11.3 Å². The van der Waals surface area contributed by atoms with Crippen molar-refractivity contribution in [3.05, 3.63) is 28.7 Å². The Kier molecular flexibility index (Phi) is 4.05. The molecular formula is C14H18N2O2S2. The quantitative estimate of drug-likeness (QED) is 0.789. The molecule has 0 aliphatic carbocycles. The molecule has 0 N–H and O–H groups in total. The van der Waals surface area contributed by atoms with Gasteiger partial charge in [-0.15, -0.1) is 11.3 Å². The molecule has 4 nitrogen and oxygen atoms in total. The second-order valence-electron chi connectivity index (χ2n) is 5.82. The summed E-state index contributed by atoms with van der Waals surface area (Å²) < 4.78 is 26.7. The van der Waals surface area contributed by atoms with Gasteiger partial charge in [-0.2, -0.15) is 9.57 Å². The van der Waals surface area contributed by atoms with E-state index in [9.17, 15) is 8.42 Å². The average Bonchev–Trinajstić information content (AvgIpc) is 2.87. The molecule has 0 fully saturated rings. The fourth-order valence-corrected chi connectivity index (χ4v) is 4.83. The second-order valence-corrected chi connectivity index (χ2v) is 9.07. The molecule has 1 aliphatic rings. The van der Waals surface area contributed by atoms with E-state index in [-0.39, 0.29) is 9.62 Å². The van der Waals surface area contributed by atoms with Gasteiger partial charge in [0.1, 0.15) is 15.2 Å². The lowest BCUT2D eigenvalue weighted by molar-refractivity contribution is 0.390. The summed E-state index contributed by atoms with van der Waals surface area (Å²) in [5, 5.41) is 8.79. The predicted octanol–water partition coefficient (Wildman–Crippen LogP) is 2.99. The van der Waals surface area contributed by atoms with Gasteiger partial charge in [0.15, 0.2) is 0 Å². The van der Waals surface area contributed by atoms with Crippen molar-refractivity contribution in [2.75, 3.05) is 13.1 Å². The molecule has 0 aromatic carbocycles. The van der Waals surface area contributed by atoms with Crippen LogP contribution in [0.5, 0.6) is 0 Å². The predicted molar refractivity (Wildman–Crippen MR) is 79.9 cm³/mol. The number of nitrogens with zero attached hydrogens (tertiary/aromatic N) is 2. The summed E-state index contributed by atoms with van der Waals surface area (Å²) in [6, 6.07) is 5.04. The van der Waals surface area contributed by atoms with Crippen LogP contribution in [-0.4, -0.2) is 25.8 Å². The van der Waals surface area contributed by atoms with E-state index in [1.807, 2.05) is 12.1 Å². The highest BCUT2D eigenvalue weighted by molar-refractivity contribution is 7.91. The molecule has 0 saturated heterocycles. The summed E-state index contributed by atoms with van der Waals surface area (Å²) >= 11 is 1.03. The normalized spacial score (nSPS) is 17.6.